The van der Waals surface area contributed by atoms with Crippen molar-refractivity contribution < 1.29 is 14.4 Å². The normalized spacial score (nSPS) is 20.2. The number of pyridine rings is 1. The van der Waals surface area contributed by atoms with Gasteiger partial charge in [0.05, 0.1) is 37.9 Å². The van der Waals surface area contributed by atoms with Gasteiger partial charge in [0.2, 0.25) is 0 Å². The molecule has 5 heteroatoms. The van der Waals surface area contributed by atoms with E-state index in [1.807, 2.05) is 6.92 Å². The molecule has 1 aromatic carbocycles. The van der Waals surface area contributed by atoms with Gasteiger partial charge in [-0.1, -0.05) is 11.6 Å². The first-order valence-electron chi connectivity index (χ1n) is 9.53. The molecular weight excluding hydrogens is 326 g/mol. The lowest BCUT2D eigenvalue weighted by Gasteiger charge is -2.36. The number of aromatic nitrogens is 1. The van der Waals surface area contributed by atoms with E-state index in [-0.39, 0.29) is 5.97 Å². The SMILES string of the molecule is CCOC(=O)c1cnc2c(C)cc(C)cc2c1N(C)C1CC[NH+](C)CC1. The Hall–Kier alpha value is -2.14. The molecule has 0 saturated carbocycles. The zero-order valence-electron chi connectivity index (χ0n) is 16.6. The van der Waals surface area contributed by atoms with Gasteiger partial charge in [0.25, 0.3) is 0 Å². The summed E-state index contributed by atoms with van der Waals surface area (Å²) in [6.45, 7) is 8.69. The molecule has 1 saturated heterocycles. The molecule has 1 N–H and O–H groups in total. The van der Waals surface area contributed by atoms with Crippen LogP contribution in [0.3, 0.4) is 0 Å². The molecule has 0 amide bonds. The highest BCUT2D eigenvalue weighted by molar-refractivity contribution is 6.06. The van der Waals surface area contributed by atoms with Crippen molar-refractivity contribution >= 4 is 22.6 Å². The molecule has 1 aliphatic rings. The monoisotopic (exact) mass is 356 g/mol. The highest BCUT2D eigenvalue weighted by Gasteiger charge is 2.28. The number of nitrogens with one attached hydrogen (secondary N) is 1. The molecule has 3 rings (SSSR count). The van der Waals surface area contributed by atoms with Crippen molar-refractivity contribution in [1.82, 2.24) is 4.98 Å². The van der Waals surface area contributed by atoms with Crippen LogP contribution >= 0.6 is 0 Å². The molecule has 0 bridgehead atoms. The Bertz CT molecular complexity index is 810. The number of benzene rings is 1. The van der Waals surface area contributed by atoms with E-state index in [0.717, 1.165) is 48.1 Å². The number of esters is 1. The molecule has 1 fully saturated rings. The minimum absolute atomic E-state index is 0.290. The Balaban J connectivity index is 2.15. The largest absolute Gasteiger partial charge is 0.462 e. The van der Waals surface area contributed by atoms with Gasteiger partial charge in [-0.3, -0.25) is 4.98 Å². The van der Waals surface area contributed by atoms with E-state index in [9.17, 15) is 4.79 Å². The van der Waals surface area contributed by atoms with Gasteiger partial charge in [0.15, 0.2) is 0 Å². The number of hydrogen-bond acceptors (Lipinski definition) is 4. The number of carbonyl (C=O) groups excluding carboxylic acids is 1. The van der Waals surface area contributed by atoms with Gasteiger partial charge >= 0.3 is 5.97 Å². The molecule has 0 unspecified atom stereocenters. The van der Waals surface area contributed by atoms with Crippen molar-refractivity contribution in [3.8, 4) is 0 Å². The first-order valence-corrected chi connectivity index (χ1v) is 9.53. The summed E-state index contributed by atoms with van der Waals surface area (Å²) in [5.41, 5.74) is 4.81. The maximum Gasteiger partial charge on any atom is 0.341 e. The molecule has 0 atom stereocenters. The van der Waals surface area contributed by atoms with Crippen LogP contribution in [-0.2, 0) is 4.74 Å². The summed E-state index contributed by atoms with van der Waals surface area (Å²) in [7, 11) is 4.36. The van der Waals surface area contributed by atoms with E-state index in [2.05, 4.69) is 50.0 Å². The molecule has 0 spiro atoms. The number of anilines is 1. The Labute approximate surface area is 156 Å². The number of fused-ring (bicyclic) bond motifs is 1. The lowest BCUT2D eigenvalue weighted by Crippen LogP contribution is -3.10. The number of hydrogen-bond donors (Lipinski definition) is 1. The molecule has 1 aliphatic heterocycles. The number of likely N-dealkylation sites (tertiary alicyclic amines) is 1. The number of ether oxygens (including phenoxy) is 1. The first-order chi connectivity index (χ1) is 12.4. The molecule has 140 valence electrons. The van der Waals surface area contributed by atoms with Gasteiger partial charge in [0, 0.05) is 37.5 Å². The van der Waals surface area contributed by atoms with Crippen molar-refractivity contribution in [3.63, 3.8) is 0 Å². The van der Waals surface area contributed by atoms with Crippen LogP contribution in [0.4, 0.5) is 5.69 Å². The second-order valence-corrected chi connectivity index (χ2v) is 7.52. The Kier molecular flexibility index (Phi) is 5.47. The van der Waals surface area contributed by atoms with Gasteiger partial charge in [0.1, 0.15) is 5.56 Å². The third kappa shape index (κ3) is 3.54. The molecule has 2 heterocycles. The molecule has 1 aromatic heterocycles. The van der Waals surface area contributed by atoms with E-state index in [1.54, 1.807) is 11.1 Å². The second-order valence-electron chi connectivity index (χ2n) is 7.52. The van der Waals surface area contributed by atoms with Gasteiger partial charge in [-0.15, -0.1) is 0 Å². The Morgan fingerprint density at radius 3 is 2.65 bits per heavy atom. The van der Waals surface area contributed by atoms with E-state index in [1.165, 1.54) is 5.56 Å². The average Bonchev–Trinajstić information content (AvgIpc) is 2.61. The molecule has 26 heavy (non-hydrogen) atoms. The van der Waals surface area contributed by atoms with Crippen LogP contribution in [0.15, 0.2) is 18.3 Å². The summed E-state index contributed by atoms with van der Waals surface area (Å²) in [6.07, 6.45) is 3.94. The number of piperidine rings is 1. The number of nitrogens with zero attached hydrogens (tertiary/aromatic N) is 2. The summed E-state index contributed by atoms with van der Waals surface area (Å²) in [6, 6.07) is 4.71. The van der Waals surface area contributed by atoms with E-state index in [4.69, 9.17) is 4.74 Å². The van der Waals surface area contributed by atoms with Gasteiger partial charge in [-0.05, 0) is 32.4 Å². The standard InChI is InChI=1S/C21H29N3O2/c1-6-26-21(25)18-13-22-19-15(3)11-14(2)12-17(19)20(18)24(5)16-7-9-23(4)10-8-16/h11-13,16H,6-10H2,1-5H3/p+1. The third-order valence-corrected chi connectivity index (χ3v) is 5.48. The zero-order chi connectivity index (χ0) is 18.8. The fraction of sp³-hybridized carbons (Fsp3) is 0.524. The first kappa shape index (κ1) is 18.6. The topological polar surface area (TPSA) is 46.9 Å². The quantitative estimate of drug-likeness (QED) is 0.853. The minimum Gasteiger partial charge on any atom is -0.462 e. The number of rotatable bonds is 4. The van der Waals surface area contributed by atoms with E-state index < -0.39 is 0 Å². The molecule has 2 aromatic rings. The summed E-state index contributed by atoms with van der Waals surface area (Å²) < 4.78 is 5.32. The Morgan fingerprint density at radius 1 is 1.31 bits per heavy atom. The van der Waals surface area contributed by atoms with Crippen molar-refractivity contribution in [2.24, 2.45) is 0 Å². The molecule has 0 aliphatic carbocycles. The smallest absolute Gasteiger partial charge is 0.341 e. The lowest BCUT2D eigenvalue weighted by molar-refractivity contribution is -0.884. The summed E-state index contributed by atoms with van der Waals surface area (Å²) in [4.78, 5) is 21.1. The van der Waals surface area contributed by atoms with Crippen LogP contribution in [0.5, 0.6) is 0 Å². The maximum atomic E-state index is 12.6. The van der Waals surface area contributed by atoms with Crippen molar-refractivity contribution in [1.29, 1.82) is 0 Å². The fourth-order valence-electron chi connectivity index (χ4n) is 4.05. The molecule has 5 nitrogen and oxygen atoms in total. The average molecular weight is 356 g/mol. The summed E-state index contributed by atoms with van der Waals surface area (Å²) in [5, 5.41) is 1.04. The van der Waals surface area contributed by atoms with Crippen molar-refractivity contribution in [2.75, 3.05) is 38.7 Å². The highest BCUT2D eigenvalue weighted by atomic mass is 16.5. The van der Waals surface area contributed by atoms with E-state index in [0.29, 0.717) is 18.2 Å². The number of quaternary nitrogens is 1. The van der Waals surface area contributed by atoms with Gasteiger partial charge in [-0.2, -0.15) is 0 Å². The maximum absolute atomic E-state index is 12.6. The van der Waals surface area contributed by atoms with Crippen LogP contribution in [0.2, 0.25) is 0 Å². The Morgan fingerprint density at radius 2 is 2.00 bits per heavy atom. The van der Waals surface area contributed by atoms with Gasteiger partial charge < -0.3 is 14.5 Å². The number of aryl methyl sites for hydroxylation is 2. The zero-order valence-corrected chi connectivity index (χ0v) is 16.6. The van der Waals surface area contributed by atoms with Crippen LogP contribution < -0.4 is 9.80 Å². The van der Waals surface area contributed by atoms with Crippen molar-refractivity contribution in [2.45, 2.75) is 39.7 Å². The summed E-state index contributed by atoms with van der Waals surface area (Å²) >= 11 is 0. The predicted molar refractivity (Wildman–Crippen MR) is 105 cm³/mol. The van der Waals surface area contributed by atoms with Crippen molar-refractivity contribution in [3.05, 3.63) is 35.0 Å². The predicted octanol–water partition coefficient (Wildman–Crippen LogP) is 2.14. The van der Waals surface area contributed by atoms with Crippen LogP contribution in [0, 0.1) is 13.8 Å². The highest BCUT2D eigenvalue weighted by Crippen LogP contribution is 2.34. The van der Waals surface area contributed by atoms with Crippen LogP contribution in [0.25, 0.3) is 10.9 Å². The second kappa shape index (κ2) is 7.62. The lowest BCUT2D eigenvalue weighted by atomic mass is 9.98. The minimum atomic E-state index is -0.290. The van der Waals surface area contributed by atoms with Crippen LogP contribution in [0.1, 0.15) is 41.3 Å². The molecule has 0 radical (unpaired) electrons. The molecular formula is C21H30N3O2+. The summed E-state index contributed by atoms with van der Waals surface area (Å²) in [5.74, 6) is -0.290. The van der Waals surface area contributed by atoms with E-state index >= 15 is 0 Å². The fourth-order valence-corrected chi connectivity index (χ4v) is 4.05. The third-order valence-electron chi connectivity index (χ3n) is 5.48. The number of carbonyl (C=O) groups is 1. The van der Waals surface area contributed by atoms with Crippen LogP contribution in [-0.4, -0.2) is 50.8 Å². The van der Waals surface area contributed by atoms with Gasteiger partial charge in [-0.25, -0.2) is 4.79 Å².